The number of hydrogen-bond acceptors (Lipinski definition) is 4. The van der Waals surface area contributed by atoms with Crippen LogP contribution in [-0.2, 0) is 14.3 Å². The van der Waals surface area contributed by atoms with Crippen molar-refractivity contribution in [2.75, 3.05) is 33.9 Å². The molecule has 17 heavy (non-hydrogen) atoms. The molecule has 1 fully saturated rings. The highest BCUT2D eigenvalue weighted by Gasteiger charge is 2.15. The highest BCUT2D eigenvalue weighted by atomic mass is 16.5. The van der Waals surface area contributed by atoms with Crippen LogP contribution in [0.15, 0.2) is 4.99 Å². The van der Waals surface area contributed by atoms with Crippen LogP contribution >= 0.6 is 0 Å². The summed E-state index contributed by atoms with van der Waals surface area (Å²) in [7, 11) is 3.08. The van der Waals surface area contributed by atoms with Crippen molar-refractivity contribution in [3.05, 3.63) is 0 Å². The molecule has 1 atom stereocenters. The first-order valence-corrected chi connectivity index (χ1v) is 5.89. The van der Waals surface area contributed by atoms with Crippen molar-refractivity contribution >= 4 is 11.9 Å². The van der Waals surface area contributed by atoms with Crippen LogP contribution in [-0.4, -0.2) is 51.9 Å². The summed E-state index contributed by atoms with van der Waals surface area (Å²) in [6.07, 6.45) is 2.82. The van der Waals surface area contributed by atoms with E-state index in [1.54, 1.807) is 7.05 Å². The van der Waals surface area contributed by atoms with Gasteiger partial charge in [0, 0.05) is 26.7 Å². The van der Waals surface area contributed by atoms with E-state index in [1.807, 2.05) is 0 Å². The molecule has 2 N–H and O–H groups in total. The predicted octanol–water partition coefficient (Wildman–Crippen LogP) is -0.107. The third-order valence-electron chi connectivity index (χ3n) is 2.59. The van der Waals surface area contributed by atoms with Gasteiger partial charge in [0.05, 0.1) is 19.6 Å². The Labute approximate surface area is 102 Å². The zero-order valence-electron chi connectivity index (χ0n) is 10.5. The second-order valence-electron chi connectivity index (χ2n) is 3.84. The molecule has 6 heteroatoms. The third-order valence-corrected chi connectivity index (χ3v) is 2.59. The van der Waals surface area contributed by atoms with Crippen LogP contribution in [0.25, 0.3) is 0 Å². The van der Waals surface area contributed by atoms with Gasteiger partial charge in [0.2, 0.25) is 0 Å². The molecule has 0 radical (unpaired) electrons. The Morgan fingerprint density at radius 1 is 1.53 bits per heavy atom. The van der Waals surface area contributed by atoms with Crippen LogP contribution in [0.3, 0.4) is 0 Å². The Morgan fingerprint density at radius 2 is 2.35 bits per heavy atom. The Balaban J connectivity index is 2.13. The van der Waals surface area contributed by atoms with Gasteiger partial charge in [-0.1, -0.05) is 0 Å². The zero-order valence-corrected chi connectivity index (χ0v) is 10.5. The number of nitrogens with one attached hydrogen (secondary N) is 2. The molecule has 1 aliphatic heterocycles. The summed E-state index contributed by atoms with van der Waals surface area (Å²) >= 11 is 0. The van der Waals surface area contributed by atoms with Gasteiger partial charge in [-0.05, 0) is 12.8 Å². The molecule has 1 aliphatic rings. The Morgan fingerprint density at radius 3 is 2.94 bits per heavy atom. The van der Waals surface area contributed by atoms with Crippen molar-refractivity contribution in [2.45, 2.75) is 25.4 Å². The van der Waals surface area contributed by atoms with Gasteiger partial charge in [0.25, 0.3) is 0 Å². The first-order chi connectivity index (χ1) is 8.26. The average molecular weight is 243 g/mol. The highest BCUT2D eigenvalue weighted by molar-refractivity contribution is 5.80. The molecule has 98 valence electrons. The Hall–Kier alpha value is -1.30. The lowest BCUT2D eigenvalue weighted by atomic mass is 10.2. The molecule has 0 aromatic carbocycles. The number of esters is 1. The van der Waals surface area contributed by atoms with E-state index < -0.39 is 0 Å². The third kappa shape index (κ3) is 5.53. The standard InChI is InChI=1S/C11H21N3O3/c1-12-11(13-6-5-10(15)16-2)14-8-9-4-3-7-17-9/h9H,3-8H2,1-2H3,(H2,12,13,14). The molecule has 0 aromatic rings. The Bertz CT molecular complexity index is 263. The molecule has 0 bridgehead atoms. The maximum absolute atomic E-state index is 10.9. The first kappa shape index (κ1) is 13.8. The second kappa shape index (κ2) is 7.89. The van der Waals surface area contributed by atoms with Gasteiger partial charge >= 0.3 is 5.97 Å². The lowest BCUT2D eigenvalue weighted by molar-refractivity contribution is -0.140. The minimum Gasteiger partial charge on any atom is -0.469 e. The maximum Gasteiger partial charge on any atom is 0.307 e. The highest BCUT2D eigenvalue weighted by Crippen LogP contribution is 2.10. The molecular formula is C11H21N3O3. The topological polar surface area (TPSA) is 72.0 Å². The molecular weight excluding hydrogens is 222 g/mol. The molecule has 1 rings (SSSR count). The van der Waals surface area contributed by atoms with E-state index in [4.69, 9.17) is 4.74 Å². The minimum atomic E-state index is -0.230. The number of rotatable bonds is 5. The molecule has 1 saturated heterocycles. The summed E-state index contributed by atoms with van der Waals surface area (Å²) < 4.78 is 10.0. The molecule has 1 heterocycles. The smallest absolute Gasteiger partial charge is 0.307 e. The minimum absolute atomic E-state index is 0.230. The van der Waals surface area contributed by atoms with Crippen LogP contribution < -0.4 is 10.6 Å². The average Bonchev–Trinajstić information content (AvgIpc) is 2.86. The number of methoxy groups -OCH3 is 1. The number of aliphatic imine (C=N–C) groups is 1. The molecule has 0 aromatic heterocycles. The van der Waals surface area contributed by atoms with Crippen LogP contribution in [0, 0.1) is 0 Å². The lowest BCUT2D eigenvalue weighted by Crippen LogP contribution is -2.41. The van der Waals surface area contributed by atoms with Crippen LogP contribution in [0.2, 0.25) is 0 Å². The van der Waals surface area contributed by atoms with E-state index in [0.29, 0.717) is 18.9 Å². The van der Waals surface area contributed by atoms with Gasteiger partial charge in [0.1, 0.15) is 0 Å². The van der Waals surface area contributed by atoms with Crippen molar-refractivity contribution in [3.8, 4) is 0 Å². The number of nitrogens with zero attached hydrogens (tertiary/aromatic N) is 1. The summed E-state index contributed by atoms with van der Waals surface area (Å²) in [4.78, 5) is 15.0. The lowest BCUT2D eigenvalue weighted by Gasteiger charge is -2.14. The van der Waals surface area contributed by atoms with Crippen LogP contribution in [0.1, 0.15) is 19.3 Å². The van der Waals surface area contributed by atoms with Crippen molar-refractivity contribution in [1.82, 2.24) is 10.6 Å². The summed E-state index contributed by atoms with van der Waals surface area (Å²) in [6.45, 7) is 2.11. The van der Waals surface area contributed by atoms with E-state index in [-0.39, 0.29) is 12.1 Å². The van der Waals surface area contributed by atoms with Crippen molar-refractivity contribution in [1.29, 1.82) is 0 Å². The molecule has 1 unspecified atom stereocenters. The number of ether oxygens (including phenoxy) is 2. The Kier molecular flexibility index (Phi) is 6.39. The van der Waals surface area contributed by atoms with Gasteiger partial charge < -0.3 is 20.1 Å². The van der Waals surface area contributed by atoms with E-state index in [0.717, 1.165) is 26.0 Å². The molecule has 0 spiro atoms. The van der Waals surface area contributed by atoms with E-state index >= 15 is 0 Å². The molecule has 0 aliphatic carbocycles. The fourth-order valence-electron chi connectivity index (χ4n) is 1.62. The first-order valence-electron chi connectivity index (χ1n) is 5.89. The zero-order chi connectivity index (χ0) is 12.5. The van der Waals surface area contributed by atoms with Crippen molar-refractivity contribution in [2.24, 2.45) is 4.99 Å². The maximum atomic E-state index is 10.9. The predicted molar refractivity (Wildman–Crippen MR) is 65.0 cm³/mol. The quantitative estimate of drug-likeness (QED) is 0.400. The van der Waals surface area contributed by atoms with Crippen molar-refractivity contribution < 1.29 is 14.3 Å². The normalized spacial score (nSPS) is 20.1. The summed E-state index contributed by atoms with van der Waals surface area (Å²) in [5.41, 5.74) is 0. The fraction of sp³-hybridized carbons (Fsp3) is 0.818. The molecule has 0 saturated carbocycles. The van der Waals surface area contributed by atoms with Gasteiger partial charge in [-0.3, -0.25) is 9.79 Å². The van der Waals surface area contributed by atoms with E-state index in [2.05, 4.69) is 20.4 Å². The summed E-state index contributed by atoms with van der Waals surface area (Å²) in [5.74, 6) is 0.455. The molecule has 6 nitrogen and oxygen atoms in total. The van der Waals surface area contributed by atoms with Gasteiger partial charge in [-0.15, -0.1) is 0 Å². The van der Waals surface area contributed by atoms with Crippen LogP contribution in [0.5, 0.6) is 0 Å². The number of hydrogen-bond donors (Lipinski definition) is 2. The number of carbonyl (C=O) groups excluding carboxylic acids is 1. The van der Waals surface area contributed by atoms with Gasteiger partial charge in [-0.25, -0.2) is 0 Å². The van der Waals surface area contributed by atoms with E-state index in [9.17, 15) is 4.79 Å². The molecule has 0 amide bonds. The van der Waals surface area contributed by atoms with E-state index in [1.165, 1.54) is 7.11 Å². The number of carbonyl (C=O) groups is 1. The van der Waals surface area contributed by atoms with Gasteiger partial charge in [0.15, 0.2) is 5.96 Å². The summed E-state index contributed by atoms with van der Waals surface area (Å²) in [5, 5.41) is 6.21. The number of guanidine groups is 1. The van der Waals surface area contributed by atoms with Crippen LogP contribution in [0.4, 0.5) is 0 Å². The SMILES string of the molecule is CN=C(NCCC(=O)OC)NCC1CCCO1. The fourth-order valence-corrected chi connectivity index (χ4v) is 1.62. The monoisotopic (exact) mass is 243 g/mol. The summed E-state index contributed by atoms with van der Waals surface area (Å²) in [6, 6.07) is 0. The van der Waals surface area contributed by atoms with Gasteiger partial charge in [-0.2, -0.15) is 0 Å². The largest absolute Gasteiger partial charge is 0.469 e. The second-order valence-corrected chi connectivity index (χ2v) is 3.84. The van der Waals surface area contributed by atoms with Crippen molar-refractivity contribution in [3.63, 3.8) is 0 Å².